The van der Waals surface area contributed by atoms with Gasteiger partial charge in [-0.3, -0.25) is 23.9 Å². The fraction of sp³-hybridized carbons (Fsp3) is 0.714. The summed E-state index contributed by atoms with van der Waals surface area (Å²) in [5.41, 5.74) is -0.955. The Morgan fingerprint density at radius 1 is 1.20 bits per heavy atom. The Morgan fingerprint density at radius 2 is 1.88 bits per heavy atom. The molecule has 1 aliphatic carbocycles. The van der Waals surface area contributed by atoms with Gasteiger partial charge in [0.15, 0.2) is 17.8 Å². The molecule has 1 saturated carbocycles. The average Bonchev–Trinajstić information content (AvgIpc) is 3.33. The number of ether oxygens (including phenoxy) is 1. The van der Waals surface area contributed by atoms with E-state index in [4.69, 9.17) is 0 Å². The monoisotopic (exact) mass is 376 g/mol. The van der Waals surface area contributed by atoms with Crippen LogP contribution >= 0.6 is 0 Å². The van der Waals surface area contributed by atoms with E-state index in [9.17, 15) is 23.4 Å². The molecule has 0 bridgehead atoms. The molecule has 3 amide bonds. The van der Waals surface area contributed by atoms with Crippen molar-refractivity contribution < 1.29 is 28.1 Å². The zero-order chi connectivity index (χ0) is 18.9. The first-order chi connectivity index (χ1) is 11.8. The van der Waals surface area contributed by atoms with Crippen molar-refractivity contribution in [2.45, 2.75) is 37.6 Å². The molecule has 1 aliphatic rings. The lowest BCUT2D eigenvalue weighted by Crippen LogP contribution is -2.50. The highest BCUT2D eigenvalue weighted by atomic mass is 32.2. The summed E-state index contributed by atoms with van der Waals surface area (Å²) < 4.78 is 19.6. The van der Waals surface area contributed by atoms with Gasteiger partial charge in [-0.05, 0) is 25.7 Å². The first-order valence-corrected chi connectivity index (χ1v) is 8.94. The highest BCUT2D eigenvalue weighted by Gasteiger charge is 2.51. The largest absolute Gasteiger partial charge is 0.458 e. The van der Waals surface area contributed by atoms with Gasteiger partial charge in [-0.25, -0.2) is 8.51 Å². The van der Waals surface area contributed by atoms with Crippen molar-refractivity contribution in [3.8, 4) is 0 Å². The third-order valence-corrected chi connectivity index (χ3v) is 4.53. The van der Waals surface area contributed by atoms with Crippen LogP contribution < -0.4 is 15.4 Å². The quantitative estimate of drug-likeness (QED) is 0.276. The average molecular weight is 376 g/mol. The molecule has 0 spiro atoms. The Balaban J connectivity index is 2.21. The van der Waals surface area contributed by atoms with Gasteiger partial charge in [-0.1, -0.05) is 0 Å². The summed E-state index contributed by atoms with van der Waals surface area (Å²) in [6.45, 7) is 0.236. The molecule has 0 aromatic rings. The van der Waals surface area contributed by atoms with Gasteiger partial charge in [0, 0.05) is 27.1 Å². The smallest absolute Gasteiger partial charge is 0.293 e. The zero-order valence-electron chi connectivity index (χ0n) is 14.3. The van der Waals surface area contributed by atoms with Crippen LogP contribution in [0.15, 0.2) is 0 Å². The van der Waals surface area contributed by atoms with Gasteiger partial charge in [0.1, 0.15) is 5.54 Å². The summed E-state index contributed by atoms with van der Waals surface area (Å²) in [7, 11) is 3.14. The van der Waals surface area contributed by atoms with E-state index >= 15 is 0 Å². The standard InChI is InChI=1S/C14H24N4O6S/c1-18(2)25(23)17-13(22)14(6-7-14)16-11(20)5-3-4-8-15-12(21)9-24-10-19/h10H,3-9H2,1-2H3,(H,15,21)(H,16,20)(H,17,22). The van der Waals surface area contributed by atoms with Crippen LogP contribution in [0.5, 0.6) is 0 Å². The first-order valence-electron chi connectivity index (χ1n) is 7.84. The third-order valence-electron chi connectivity index (χ3n) is 3.51. The number of nitrogens with one attached hydrogen (secondary N) is 3. The Bertz CT molecular complexity index is 535. The molecule has 0 aromatic carbocycles. The fourth-order valence-corrected chi connectivity index (χ4v) is 2.47. The van der Waals surface area contributed by atoms with Gasteiger partial charge in [-0.15, -0.1) is 0 Å². The summed E-state index contributed by atoms with van der Waals surface area (Å²) in [5, 5.41) is 5.23. The summed E-state index contributed by atoms with van der Waals surface area (Å²) in [6, 6.07) is 0. The van der Waals surface area contributed by atoms with Crippen molar-refractivity contribution in [2.75, 3.05) is 27.2 Å². The van der Waals surface area contributed by atoms with Crippen LogP contribution in [0.25, 0.3) is 0 Å². The van der Waals surface area contributed by atoms with Crippen LogP contribution in [0, 0.1) is 0 Å². The summed E-state index contributed by atoms with van der Waals surface area (Å²) >= 11 is -1.63. The van der Waals surface area contributed by atoms with Crippen LogP contribution in [0.2, 0.25) is 0 Å². The maximum atomic E-state index is 12.1. The van der Waals surface area contributed by atoms with E-state index < -0.39 is 28.5 Å². The van der Waals surface area contributed by atoms with Crippen LogP contribution in [0.4, 0.5) is 0 Å². The van der Waals surface area contributed by atoms with Gasteiger partial charge >= 0.3 is 0 Å². The number of carbonyl (C=O) groups excluding carboxylic acids is 4. The van der Waals surface area contributed by atoms with Crippen molar-refractivity contribution >= 4 is 35.4 Å². The molecule has 11 heteroatoms. The maximum Gasteiger partial charge on any atom is 0.293 e. The summed E-state index contributed by atoms with van der Waals surface area (Å²) in [4.78, 5) is 45.1. The summed E-state index contributed by atoms with van der Waals surface area (Å²) in [5.74, 6) is -1.12. The Kier molecular flexibility index (Phi) is 8.49. The van der Waals surface area contributed by atoms with Crippen LogP contribution in [0.1, 0.15) is 32.1 Å². The van der Waals surface area contributed by atoms with Crippen molar-refractivity contribution in [1.82, 2.24) is 19.7 Å². The van der Waals surface area contributed by atoms with E-state index in [1.54, 1.807) is 14.1 Å². The molecule has 1 atom stereocenters. The lowest BCUT2D eigenvalue weighted by atomic mass is 10.2. The topological polar surface area (TPSA) is 134 Å². The number of hydrogen-bond acceptors (Lipinski definition) is 6. The molecule has 0 heterocycles. The SMILES string of the molecule is CN(C)S(=O)NC(=O)C1(NC(=O)CCCCNC(=O)COC=O)CC1. The number of amides is 3. The highest BCUT2D eigenvalue weighted by Crippen LogP contribution is 2.35. The predicted molar refractivity (Wildman–Crippen MR) is 89.0 cm³/mol. The van der Waals surface area contributed by atoms with E-state index in [-0.39, 0.29) is 25.4 Å². The number of hydrogen-bond donors (Lipinski definition) is 3. The molecule has 3 N–H and O–H groups in total. The normalized spacial score (nSPS) is 15.8. The molecule has 10 nitrogen and oxygen atoms in total. The predicted octanol–water partition coefficient (Wildman–Crippen LogP) is -1.65. The van der Waals surface area contributed by atoms with Crippen molar-refractivity contribution in [3.05, 3.63) is 0 Å². The van der Waals surface area contributed by atoms with E-state index in [2.05, 4.69) is 20.1 Å². The minimum Gasteiger partial charge on any atom is -0.458 e. The van der Waals surface area contributed by atoms with Gasteiger partial charge in [0.25, 0.3) is 18.3 Å². The Hall–Kier alpha value is -2.01. The fourth-order valence-electron chi connectivity index (χ4n) is 1.93. The van der Waals surface area contributed by atoms with Gasteiger partial charge < -0.3 is 15.4 Å². The second-order valence-corrected chi connectivity index (χ2v) is 7.27. The zero-order valence-corrected chi connectivity index (χ0v) is 15.1. The molecular formula is C14H24N4O6S. The second kappa shape index (κ2) is 10.1. The Morgan fingerprint density at radius 3 is 2.44 bits per heavy atom. The molecule has 0 aromatic heterocycles. The molecule has 0 aliphatic heterocycles. The van der Waals surface area contributed by atoms with E-state index in [1.165, 1.54) is 4.31 Å². The van der Waals surface area contributed by atoms with E-state index in [1.807, 2.05) is 0 Å². The lowest BCUT2D eigenvalue weighted by molar-refractivity contribution is -0.137. The number of carbonyl (C=O) groups is 4. The first kappa shape index (κ1) is 21.0. The Labute approximate surface area is 148 Å². The highest BCUT2D eigenvalue weighted by molar-refractivity contribution is 7.81. The molecule has 1 fully saturated rings. The van der Waals surface area contributed by atoms with Crippen LogP contribution in [-0.4, -0.2) is 65.5 Å². The molecule has 142 valence electrons. The van der Waals surface area contributed by atoms with Crippen LogP contribution in [0.3, 0.4) is 0 Å². The van der Waals surface area contributed by atoms with Crippen molar-refractivity contribution in [2.24, 2.45) is 0 Å². The van der Waals surface area contributed by atoms with E-state index in [0.29, 0.717) is 32.2 Å². The molecule has 0 radical (unpaired) electrons. The van der Waals surface area contributed by atoms with Gasteiger partial charge in [-0.2, -0.15) is 0 Å². The lowest BCUT2D eigenvalue weighted by Gasteiger charge is -2.18. The van der Waals surface area contributed by atoms with E-state index in [0.717, 1.165) is 0 Å². The second-order valence-electron chi connectivity index (χ2n) is 5.84. The maximum absolute atomic E-state index is 12.1. The summed E-state index contributed by atoms with van der Waals surface area (Å²) in [6.07, 6.45) is 2.35. The van der Waals surface area contributed by atoms with Crippen molar-refractivity contribution in [1.29, 1.82) is 0 Å². The van der Waals surface area contributed by atoms with Crippen LogP contribution in [-0.2, 0) is 35.1 Å². The molecular weight excluding hydrogens is 352 g/mol. The third kappa shape index (κ3) is 7.61. The minimum absolute atomic E-state index is 0.196. The van der Waals surface area contributed by atoms with Gasteiger partial charge in [0.2, 0.25) is 5.91 Å². The van der Waals surface area contributed by atoms with Gasteiger partial charge in [0.05, 0.1) is 0 Å². The molecule has 1 unspecified atom stereocenters. The minimum atomic E-state index is -1.63. The number of rotatable bonds is 12. The number of nitrogens with zero attached hydrogens (tertiary/aromatic N) is 1. The van der Waals surface area contributed by atoms with Crippen molar-refractivity contribution in [3.63, 3.8) is 0 Å². The molecule has 0 saturated heterocycles. The molecule has 25 heavy (non-hydrogen) atoms. The molecule has 1 rings (SSSR count). The number of unbranched alkanes of at least 4 members (excludes halogenated alkanes) is 1.